The molecule has 0 heterocycles. The van der Waals surface area contributed by atoms with Crippen LogP contribution < -0.4 is 5.73 Å². The highest BCUT2D eigenvalue weighted by Crippen LogP contribution is 2.21. The van der Waals surface area contributed by atoms with Crippen LogP contribution in [0.5, 0.6) is 0 Å². The number of nitriles is 1. The van der Waals surface area contributed by atoms with Crippen LogP contribution in [0.4, 0.5) is 0 Å². The van der Waals surface area contributed by atoms with Crippen LogP contribution in [0.3, 0.4) is 0 Å². The number of halogens is 1. The van der Waals surface area contributed by atoms with Gasteiger partial charge in [0.15, 0.2) is 0 Å². The smallest absolute Gasteiger partial charge is 0.100 e. The van der Waals surface area contributed by atoms with Gasteiger partial charge in [-0.15, -0.1) is 12.4 Å². The number of hydrogen-bond donors (Lipinski definition) is 1. The van der Waals surface area contributed by atoms with Gasteiger partial charge >= 0.3 is 0 Å². The van der Waals surface area contributed by atoms with E-state index in [4.69, 9.17) is 11.0 Å². The summed E-state index contributed by atoms with van der Waals surface area (Å²) in [5, 5.41) is 11.3. The fourth-order valence-corrected chi connectivity index (χ4v) is 1.81. The second-order valence-electron chi connectivity index (χ2n) is 3.47. The van der Waals surface area contributed by atoms with Crippen molar-refractivity contribution in [2.24, 2.45) is 5.73 Å². The van der Waals surface area contributed by atoms with Crippen molar-refractivity contribution in [3.05, 3.63) is 47.5 Å². The topological polar surface area (TPSA) is 49.8 Å². The van der Waals surface area contributed by atoms with Crippen LogP contribution in [0.15, 0.2) is 36.4 Å². The predicted molar refractivity (Wildman–Crippen MR) is 68.7 cm³/mol. The van der Waals surface area contributed by atoms with E-state index in [1.165, 1.54) is 0 Å². The number of hydrogen-bond acceptors (Lipinski definition) is 2. The van der Waals surface area contributed by atoms with Crippen LogP contribution in [0.1, 0.15) is 11.1 Å². The quantitative estimate of drug-likeness (QED) is 0.866. The highest BCUT2D eigenvalue weighted by atomic mass is 35.5. The Balaban J connectivity index is 0.00000128. The third-order valence-corrected chi connectivity index (χ3v) is 2.54. The van der Waals surface area contributed by atoms with E-state index < -0.39 is 0 Å². The van der Waals surface area contributed by atoms with E-state index in [1.54, 1.807) is 0 Å². The van der Waals surface area contributed by atoms with Gasteiger partial charge < -0.3 is 5.73 Å². The molecule has 16 heavy (non-hydrogen) atoms. The Morgan fingerprint density at radius 2 is 1.88 bits per heavy atom. The molecule has 0 saturated heterocycles. The van der Waals surface area contributed by atoms with Gasteiger partial charge in [0.2, 0.25) is 0 Å². The van der Waals surface area contributed by atoms with E-state index in [0.717, 1.165) is 28.3 Å². The Bertz CT molecular complexity index is 529. The molecule has 0 atom stereocenters. The first-order chi connectivity index (χ1) is 7.36. The van der Waals surface area contributed by atoms with Gasteiger partial charge in [-0.05, 0) is 29.3 Å². The fraction of sp³-hybridized carbons (Fsp3) is 0.154. The summed E-state index contributed by atoms with van der Waals surface area (Å²) in [6.45, 7) is 0.576. The molecule has 0 aromatic heterocycles. The Labute approximate surface area is 101 Å². The zero-order valence-electron chi connectivity index (χ0n) is 8.81. The summed E-state index contributed by atoms with van der Waals surface area (Å²) in [5.74, 6) is 0. The summed E-state index contributed by atoms with van der Waals surface area (Å²) >= 11 is 0. The average Bonchev–Trinajstić information content (AvgIpc) is 2.29. The maximum atomic E-state index is 9.15. The van der Waals surface area contributed by atoms with E-state index in [0.29, 0.717) is 6.54 Å². The Morgan fingerprint density at radius 1 is 1.12 bits per heavy atom. The van der Waals surface area contributed by atoms with Crippen molar-refractivity contribution in [2.45, 2.75) is 6.42 Å². The normalized spacial score (nSPS) is 9.50. The van der Waals surface area contributed by atoms with E-state index in [9.17, 15) is 0 Å². The molecule has 0 amide bonds. The van der Waals surface area contributed by atoms with Gasteiger partial charge in [-0.2, -0.15) is 5.26 Å². The maximum Gasteiger partial charge on any atom is 0.100 e. The molecule has 0 aliphatic rings. The molecule has 3 heteroatoms. The number of rotatable bonds is 2. The summed E-state index contributed by atoms with van der Waals surface area (Å²) in [5.41, 5.74) is 7.32. The number of benzene rings is 2. The molecule has 2 N–H and O–H groups in total. The Kier molecular flexibility index (Phi) is 4.30. The summed E-state index contributed by atoms with van der Waals surface area (Å²) < 4.78 is 0. The predicted octanol–water partition coefficient (Wildman–Crippen LogP) is 2.63. The molecular weight excluding hydrogens is 220 g/mol. The number of nitrogens with two attached hydrogens (primary N) is 1. The van der Waals surface area contributed by atoms with E-state index in [-0.39, 0.29) is 12.4 Å². The van der Waals surface area contributed by atoms with Crippen molar-refractivity contribution in [3.63, 3.8) is 0 Å². The molecule has 0 spiro atoms. The lowest BCUT2D eigenvalue weighted by Gasteiger charge is -2.05. The van der Waals surface area contributed by atoms with Gasteiger partial charge in [0.25, 0.3) is 0 Å². The lowest BCUT2D eigenvalue weighted by molar-refractivity contribution is 0.967. The van der Waals surface area contributed by atoms with Crippen LogP contribution >= 0.6 is 12.4 Å². The molecule has 0 unspecified atom stereocenters. The van der Waals surface area contributed by atoms with Gasteiger partial charge in [-0.25, -0.2) is 0 Å². The van der Waals surface area contributed by atoms with Crippen molar-refractivity contribution < 1.29 is 0 Å². The molecule has 2 aromatic rings. The molecule has 0 saturated carbocycles. The molecule has 0 aliphatic carbocycles. The third kappa shape index (κ3) is 2.16. The lowest BCUT2D eigenvalue weighted by atomic mass is 9.98. The van der Waals surface area contributed by atoms with E-state index >= 15 is 0 Å². The van der Waals surface area contributed by atoms with Gasteiger partial charge in [0, 0.05) is 0 Å². The van der Waals surface area contributed by atoms with Crippen LogP contribution in [0.25, 0.3) is 10.8 Å². The first-order valence-electron chi connectivity index (χ1n) is 4.97. The second kappa shape index (κ2) is 5.50. The minimum absolute atomic E-state index is 0. The minimum Gasteiger partial charge on any atom is -0.330 e. The van der Waals surface area contributed by atoms with Crippen LogP contribution in [0.2, 0.25) is 0 Å². The molecule has 0 radical (unpaired) electrons. The zero-order chi connectivity index (χ0) is 10.7. The summed E-state index contributed by atoms with van der Waals surface area (Å²) in [4.78, 5) is 0. The standard InChI is InChI=1S/C13H12N2.ClH/c14-8-7-11-6-5-10-3-1-2-4-12(10)13(11)9-15;/h1-6H,7-8,14H2;1H. The van der Waals surface area contributed by atoms with Crippen molar-refractivity contribution in [1.29, 1.82) is 5.26 Å². The molecular formula is C13H13ClN2. The largest absolute Gasteiger partial charge is 0.330 e. The highest BCUT2D eigenvalue weighted by Gasteiger charge is 2.05. The first kappa shape index (κ1) is 12.5. The van der Waals surface area contributed by atoms with Crippen LogP contribution in [-0.4, -0.2) is 6.54 Å². The van der Waals surface area contributed by atoms with Gasteiger partial charge in [0.05, 0.1) is 5.56 Å². The maximum absolute atomic E-state index is 9.15. The molecule has 2 aromatic carbocycles. The summed E-state index contributed by atoms with van der Waals surface area (Å²) in [6.07, 6.45) is 0.758. The highest BCUT2D eigenvalue weighted by molar-refractivity contribution is 5.89. The number of nitrogens with zero attached hydrogens (tertiary/aromatic N) is 1. The summed E-state index contributed by atoms with van der Waals surface area (Å²) in [6, 6.07) is 14.2. The van der Waals surface area contributed by atoms with Crippen molar-refractivity contribution in [1.82, 2.24) is 0 Å². The molecule has 0 aliphatic heterocycles. The van der Waals surface area contributed by atoms with Gasteiger partial charge in [-0.3, -0.25) is 0 Å². The van der Waals surface area contributed by atoms with Gasteiger partial charge in [-0.1, -0.05) is 36.4 Å². The molecule has 2 rings (SSSR count). The third-order valence-electron chi connectivity index (χ3n) is 2.54. The van der Waals surface area contributed by atoms with Crippen LogP contribution in [-0.2, 0) is 6.42 Å². The van der Waals surface area contributed by atoms with Crippen molar-refractivity contribution in [2.75, 3.05) is 6.54 Å². The second-order valence-corrected chi connectivity index (χ2v) is 3.47. The lowest BCUT2D eigenvalue weighted by Crippen LogP contribution is -2.04. The fourth-order valence-electron chi connectivity index (χ4n) is 1.81. The van der Waals surface area contributed by atoms with Crippen molar-refractivity contribution in [3.8, 4) is 6.07 Å². The molecule has 0 bridgehead atoms. The van der Waals surface area contributed by atoms with Crippen LogP contribution in [0, 0.1) is 11.3 Å². The zero-order valence-corrected chi connectivity index (χ0v) is 9.63. The van der Waals surface area contributed by atoms with E-state index in [1.807, 2.05) is 36.4 Å². The van der Waals surface area contributed by atoms with Crippen molar-refractivity contribution >= 4 is 23.2 Å². The summed E-state index contributed by atoms with van der Waals surface area (Å²) in [7, 11) is 0. The Hall–Kier alpha value is -1.56. The van der Waals surface area contributed by atoms with Gasteiger partial charge in [0.1, 0.15) is 6.07 Å². The Morgan fingerprint density at radius 3 is 2.56 bits per heavy atom. The monoisotopic (exact) mass is 232 g/mol. The van der Waals surface area contributed by atoms with E-state index in [2.05, 4.69) is 6.07 Å². The SMILES string of the molecule is Cl.N#Cc1c(CCN)ccc2ccccc12. The molecule has 82 valence electrons. The first-order valence-corrected chi connectivity index (χ1v) is 4.97. The number of fused-ring (bicyclic) bond motifs is 1. The molecule has 2 nitrogen and oxygen atoms in total. The minimum atomic E-state index is 0. The molecule has 0 fully saturated rings. The average molecular weight is 233 g/mol.